The van der Waals surface area contributed by atoms with E-state index in [1.165, 1.54) is 6.20 Å². The molecule has 0 aliphatic rings. The van der Waals surface area contributed by atoms with Gasteiger partial charge in [0, 0.05) is 11.4 Å². The normalized spacial score (nSPS) is 10.2. The van der Waals surface area contributed by atoms with E-state index in [-0.39, 0.29) is 11.6 Å². The quantitative estimate of drug-likeness (QED) is 0.760. The molecule has 2 aromatic carbocycles. The standard InChI is InChI=1S/C19H18N4O/c1-13-8-14(2)10-16(9-13)23-19(24)17-11-21-18(12-20-17)22-15-6-4-3-5-7-15/h3-12H,1-2H3,(H,21,22)(H,23,24). The molecule has 1 aromatic heterocycles. The molecule has 3 rings (SSSR count). The molecule has 0 saturated heterocycles. The summed E-state index contributed by atoms with van der Waals surface area (Å²) in [4.78, 5) is 20.7. The summed E-state index contributed by atoms with van der Waals surface area (Å²) in [5.41, 5.74) is 4.13. The third-order valence-corrected chi connectivity index (χ3v) is 3.41. The molecule has 2 N–H and O–H groups in total. The van der Waals surface area contributed by atoms with Crippen LogP contribution < -0.4 is 10.6 Å². The Morgan fingerprint density at radius 3 is 2.21 bits per heavy atom. The number of hydrogen-bond acceptors (Lipinski definition) is 4. The largest absolute Gasteiger partial charge is 0.339 e. The van der Waals surface area contributed by atoms with Crippen LogP contribution in [-0.2, 0) is 0 Å². The van der Waals surface area contributed by atoms with Crippen LogP contribution in [0.2, 0.25) is 0 Å². The van der Waals surface area contributed by atoms with Crippen molar-refractivity contribution in [2.45, 2.75) is 13.8 Å². The predicted octanol–water partition coefficient (Wildman–Crippen LogP) is 4.09. The summed E-state index contributed by atoms with van der Waals surface area (Å²) in [7, 11) is 0. The predicted molar refractivity (Wildman–Crippen MR) is 95.6 cm³/mol. The molecular weight excluding hydrogens is 300 g/mol. The van der Waals surface area contributed by atoms with Crippen molar-refractivity contribution < 1.29 is 4.79 Å². The molecule has 1 amide bonds. The summed E-state index contributed by atoms with van der Waals surface area (Å²) in [6.07, 6.45) is 3.01. The molecule has 0 spiro atoms. The number of aromatic nitrogens is 2. The third kappa shape index (κ3) is 3.95. The number of benzene rings is 2. The number of hydrogen-bond donors (Lipinski definition) is 2. The molecule has 0 aliphatic heterocycles. The third-order valence-electron chi connectivity index (χ3n) is 3.41. The molecule has 0 unspecified atom stereocenters. The fourth-order valence-electron chi connectivity index (χ4n) is 2.42. The van der Waals surface area contributed by atoms with Crippen LogP contribution in [0.15, 0.2) is 60.9 Å². The van der Waals surface area contributed by atoms with E-state index in [0.29, 0.717) is 5.82 Å². The summed E-state index contributed by atoms with van der Waals surface area (Å²) in [5, 5.41) is 5.98. The summed E-state index contributed by atoms with van der Waals surface area (Å²) < 4.78 is 0. The minimum absolute atomic E-state index is 0.271. The fourth-order valence-corrected chi connectivity index (χ4v) is 2.42. The van der Waals surface area contributed by atoms with E-state index in [1.54, 1.807) is 6.20 Å². The van der Waals surface area contributed by atoms with Gasteiger partial charge >= 0.3 is 0 Å². The van der Waals surface area contributed by atoms with Gasteiger partial charge in [0.05, 0.1) is 12.4 Å². The van der Waals surface area contributed by atoms with Gasteiger partial charge in [0.25, 0.3) is 5.91 Å². The van der Waals surface area contributed by atoms with Gasteiger partial charge in [-0.2, -0.15) is 0 Å². The fraction of sp³-hybridized carbons (Fsp3) is 0.105. The zero-order valence-corrected chi connectivity index (χ0v) is 13.6. The van der Waals surface area contributed by atoms with Gasteiger partial charge in [-0.05, 0) is 49.2 Å². The van der Waals surface area contributed by atoms with Crippen LogP contribution >= 0.6 is 0 Å². The van der Waals surface area contributed by atoms with Crippen molar-refractivity contribution in [2.24, 2.45) is 0 Å². The van der Waals surface area contributed by atoms with Crippen LogP contribution in [0.5, 0.6) is 0 Å². The lowest BCUT2D eigenvalue weighted by Gasteiger charge is -2.08. The van der Waals surface area contributed by atoms with Gasteiger partial charge in [-0.1, -0.05) is 24.3 Å². The van der Waals surface area contributed by atoms with E-state index in [4.69, 9.17) is 0 Å². The first-order valence-electron chi connectivity index (χ1n) is 7.64. The first kappa shape index (κ1) is 15.7. The molecule has 0 atom stereocenters. The van der Waals surface area contributed by atoms with Crippen molar-refractivity contribution >= 4 is 23.1 Å². The molecule has 0 fully saturated rings. The summed E-state index contributed by atoms with van der Waals surface area (Å²) in [6.45, 7) is 3.99. The van der Waals surface area contributed by atoms with E-state index < -0.39 is 0 Å². The molecule has 0 saturated carbocycles. The van der Waals surface area contributed by atoms with Crippen molar-refractivity contribution in [2.75, 3.05) is 10.6 Å². The van der Waals surface area contributed by atoms with Crippen LogP contribution in [0.25, 0.3) is 0 Å². The molecule has 0 aliphatic carbocycles. The Balaban J connectivity index is 1.69. The highest BCUT2D eigenvalue weighted by Crippen LogP contribution is 2.15. The number of anilines is 3. The zero-order chi connectivity index (χ0) is 16.9. The van der Waals surface area contributed by atoms with Gasteiger partial charge in [0.15, 0.2) is 0 Å². The van der Waals surface area contributed by atoms with Gasteiger partial charge in [-0.15, -0.1) is 0 Å². The first-order valence-corrected chi connectivity index (χ1v) is 7.64. The van der Waals surface area contributed by atoms with E-state index >= 15 is 0 Å². The first-order chi connectivity index (χ1) is 11.6. The molecule has 0 radical (unpaired) electrons. The lowest BCUT2D eigenvalue weighted by atomic mass is 10.1. The minimum Gasteiger partial charge on any atom is -0.339 e. The Morgan fingerprint density at radius 2 is 1.58 bits per heavy atom. The topological polar surface area (TPSA) is 66.9 Å². The number of para-hydroxylation sites is 1. The average molecular weight is 318 g/mol. The second-order valence-corrected chi connectivity index (χ2v) is 5.61. The van der Waals surface area contributed by atoms with E-state index in [9.17, 15) is 4.79 Å². The maximum atomic E-state index is 12.3. The number of rotatable bonds is 4. The van der Waals surface area contributed by atoms with E-state index in [1.807, 2.05) is 56.3 Å². The number of carbonyl (C=O) groups excluding carboxylic acids is 1. The van der Waals surface area contributed by atoms with Gasteiger partial charge in [0.1, 0.15) is 11.5 Å². The Bertz CT molecular complexity index is 825. The highest BCUT2D eigenvalue weighted by molar-refractivity contribution is 6.02. The lowest BCUT2D eigenvalue weighted by molar-refractivity contribution is 0.102. The Hall–Kier alpha value is -3.21. The Labute approximate surface area is 140 Å². The van der Waals surface area contributed by atoms with Crippen molar-refractivity contribution in [1.82, 2.24) is 9.97 Å². The second kappa shape index (κ2) is 6.91. The van der Waals surface area contributed by atoms with E-state index in [2.05, 4.69) is 26.7 Å². The van der Waals surface area contributed by atoms with Gasteiger partial charge < -0.3 is 10.6 Å². The van der Waals surface area contributed by atoms with Crippen molar-refractivity contribution in [3.63, 3.8) is 0 Å². The molecule has 5 nitrogen and oxygen atoms in total. The van der Waals surface area contributed by atoms with Crippen LogP contribution in [0.1, 0.15) is 21.6 Å². The number of aryl methyl sites for hydroxylation is 2. The van der Waals surface area contributed by atoms with Crippen LogP contribution in [0.3, 0.4) is 0 Å². The maximum absolute atomic E-state index is 12.3. The number of carbonyl (C=O) groups is 1. The molecule has 0 bridgehead atoms. The molecule has 1 heterocycles. The Kier molecular flexibility index (Phi) is 4.52. The number of amides is 1. The van der Waals surface area contributed by atoms with Gasteiger partial charge in [-0.25, -0.2) is 9.97 Å². The number of nitrogens with zero attached hydrogens (tertiary/aromatic N) is 2. The molecule has 3 aromatic rings. The molecule has 120 valence electrons. The average Bonchev–Trinajstić information content (AvgIpc) is 2.55. The van der Waals surface area contributed by atoms with Crippen LogP contribution in [-0.4, -0.2) is 15.9 Å². The Morgan fingerprint density at radius 1 is 0.875 bits per heavy atom. The number of nitrogens with one attached hydrogen (secondary N) is 2. The minimum atomic E-state index is -0.279. The smallest absolute Gasteiger partial charge is 0.275 e. The summed E-state index contributed by atoms with van der Waals surface area (Å²) in [5.74, 6) is 0.308. The van der Waals surface area contributed by atoms with Crippen molar-refractivity contribution in [1.29, 1.82) is 0 Å². The monoisotopic (exact) mass is 318 g/mol. The van der Waals surface area contributed by atoms with Gasteiger partial charge in [-0.3, -0.25) is 4.79 Å². The summed E-state index contributed by atoms with van der Waals surface area (Å²) in [6, 6.07) is 15.6. The summed E-state index contributed by atoms with van der Waals surface area (Å²) >= 11 is 0. The maximum Gasteiger partial charge on any atom is 0.275 e. The molecular formula is C19H18N4O. The zero-order valence-electron chi connectivity index (χ0n) is 13.6. The molecule has 24 heavy (non-hydrogen) atoms. The molecule has 5 heteroatoms. The highest BCUT2D eigenvalue weighted by Gasteiger charge is 2.09. The van der Waals surface area contributed by atoms with Gasteiger partial charge in [0.2, 0.25) is 0 Å². The SMILES string of the molecule is Cc1cc(C)cc(NC(=O)c2cnc(Nc3ccccc3)cn2)c1. The lowest BCUT2D eigenvalue weighted by Crippen LogP contribution is -2.14. The second-order valence-electron chi connectivity index (χ2n) is 5.61. The highest BCUT2D eigenvalue weighted by atomic mass is 16.1. The van der Waals surface area contributed by atoms with Crippen molar-refractivity contribution in [3.8, 4) is 0 Å². The van der Waals surface area contributed by atoms with Crippen molar-refractivity contribution in [3.05, 3.63) is 77.7 Å². The van der Waals surface area contributed by atoms with Crippen LogP contribution in [0, 0.1) is 13.8 Å². The van der Waals surface area contributed by atoms with Crippen LogP contribution in [0.4, 0.5) is 17.2 Å². The van der Waals surface area contributed by atoms with E-state index in [0.717, 1.165) is 22.5 Å².